The predicted octanol–water partition coefficient (Wildman–Crippen LogP) is 3.34. The molecule has 98 valence electrons. The fourth-order valence-electron chi connectivity index (χ4n) is 1.73. The lowest BCUT2D eigenvalue weighted by Gasteiger charge is -2.07. The molecule has 1 aromatic heterocycles. The highest BCUT2D eigenvalue weighted by Gasteiger charge is 2.26. The van der Waals surface area contributed by atoms with E-state index in [1.807, 2.05) is 0 Å². The second kappa shape index (κ2) is 4.77. The molecule has 6 heteroatoms. The quantitative estimate of drug-likeness (QED) is 0.942. The van der Waals surface area contributed by atoms with Crippen molar-refractivity contribution in [2.24, 2.45) is 0 Å². The summed E-state index contributed by atoms with van der Waals surface area (Å²) in [5, 5.41) is 0. The molecule has 1 fully saturated rings. The Labute approximate surface area is 116 Å². The number of ether oxygens (including phenoxy) is 1. The third-order valence-corrected chi connectivity index (χ3v) is 3.43. The second-order valence-corrected chi connectivity index (χ2v) is 5.27. The number of H-pyrrole nitrogens is 1. The molecule has 1 saturated carbocycles. The van der Waals surface area contributed by atoms with Crippen LogP contribution in [0.4, 0.5) is 4.39 Å². The standard InChI is InChI=1S/C13H10BrFN2O2/c14-9-5-8(15)3-4-10(9)19-12-6-11(18)16-13(17-12)7-1-2-7/h3-7H,1-2H2,(H,16,17,18). The Hall–Kier alpha value is -1.69. The molecule has 0 aliphatic heterocycles. The van der Waals surface area contributed by atoms with Crippen LogP contribution in [-0.4, -0.2) is 9.97 Å². The molecule has 3 rings (SSSR count). The fraction of sp³-hybridized carbons (Fsp3) is 0.231. The second-order valence-electron chi connectivity index (χ2n) is 4.42. The Morgan fingerprint density at radius 2 is 2.16 bits per heavy atom. The summed E-state index contributed by atoms with van der Waals surface area (Å²) in [6.07, 6.45) is 2.07. The minimum atomic E-state index is -0.364. The molecule has 1 aromatic carbocycles. The van der Waals surface area contributed by atoms with E-state index in [0.29, 0.717) is 22.0 Å². The number of nitrogens with zero attached hydrogens (tertiary/aromatic N) is 1. The van der Waals surface area contributed by atoms with Crippen molar-refractivity contribution in [2.75, 3.05) is 0 Å². The van der Waals surface area contributed by atoms with E-state index >= 15 is 0 Å². The van der Waals surface area contributed by atoms with Gasteiger partial charge in [-0.3, -0.25) is 4.79 Å². The number of nitrogens with one attached hydrogen (secondary N) is 1. The van der Waals surface area contributed by atoms with Gasteiger partial charge in [-0.25, -0.2) is 4.39 Å². The van der Waals surface area contributed by atoms with Crippen molar-refractivity contribution >= 4 is 15.9 Å². The number of hydrogen-bond donors (Lipinski definition) is 1. The molecule has 0 spiro atoms. The Kier molecular flexibility index (Phi) is 3.10. The summed E-state index contributed by atoms with van der Waals surface area (Å²) in [6, 6.07) is 5.35. The molecule has 2 aromatic rings. The molecule has 0 bridgehead atoms. The summed E-state index contributed by atoms with van der Waals surface area (Å²) in [6.45, 7) is 0. The number of rotatable bonds is 3. The van der Waals surface area contributed by atoms with Gasteiger partial charge in [0.15, 0.2) is 0 Å². The van der Waals surface area contributed by atoms with E-state index < -0.39 is 0 Å². The van der Waals surface area contributed by atoms with Crippen LogP contribution in [0.1, 0.15) is 24.6 Å². The van der Waals surface area contributed by atoms with Gasteiger partial charge in [-0.1, -0.05) is 0 Å². The molecule has 0 unspecified atom stereocenters. The first-order chi connectivity index (χ1) is 9.11. The molecule has 1 aliphatic carbocycles. The molecular weight excluding hydrogens is 315 g/mol. The van der Waals surface area contributed by atoms with Crippen molar-refractivity contribution in [3.8, 4) is 11.6 Å². The van der Waals surface area contributed by atoms with Gasteiger partial charge in [0.25, 0.3) is 5.56 Å². The van der Waals surface area contributed by atoms with E-state index in [2.05, 4.69) is 25.9 Å². The highest BCUT2D eigenvalue weighted by molar-refractivity contribution is 9.10. The first-order valence-corrected chi connectivity index (χ1v) is 6.65. The predicted molar refractivity (Wildman–Crippen MR) is 71.0 cm³/mol. The van der Waals surface area contributed by atoms with Crippen molar-refractivity contribution in [2.45, 2.75) is 18.8 Å². The maximum atomic E-state index is 13.0. The van der Waals surface area contributed by atoms with Gasteiger partial charge in [0.2, 0.25) is 5.88 Å². The molecule has 4 nitrogen and oxygen atoms in total. The van der Waals surface area contributed by atoms with Crippen LogP contribution in [0.5, 0.6) is 11.6 Å². The van der Waals surface area contributed by atoms with Crippen LogP contribution in [0.15, 0.2) is 33.5 Å². The van der Waals surface area contributed by atoms with Gasteiger partial charge < -0.3 is 9.72 Å². The topological polar surface area (TPSA) is 55.0 Å². The fourth-order valence-corrected chi connectivity index (χ4v) is 2.16. The van der Waals surface area contributed by atoms with Gasteiger partial charge in [0.05, 0.1) is 10.5 Å². The molecule has 0 atom stereocenters. The Morgan fingerprint density at radius 3 is 2.84 bits per heavy atom. The minimum Gasteiger partial charge on any atom is -0.438 e. The molecule has 1 heterocycles. The van der Waals surface area contributed by atoms with Crippen LogP contribution in [0.25, 0.3) is 0 Å². The van der Waals surface area contributed by atoms with Gasteiger partial charge >= 0.3 is 0 Å². The number of aromatic amines is 1. The molecular formula is C13H10BrFN2O2. The lowest BCUT2D eigenvalue weighted by atomic mass is 10.3. The zero-order chi connectivity index (χ0) is 13.4. The summed E-state index contributed by atoms with van der Waals surface area (Å²) >= 11 is 3.20. The average Bonchev–Trinajstić information content (AvgIpc) is 3.16. The van der Waals surface area contributed by atoms with Gasteiger partial charge in [-0.2, -0.15) is 4.98 Å². The third-order valence-electron chi connectivity index (χ3n) is 2.81. The zero-order valence-corrected chi connectivity index (χ0v) is 11.4. The van der Waals surface area contributed by atoms with E-state index in [1.54, 1.807) is 0 Å². The van der Waals surface area contributed by atoms with Crippen molar-refractivity contribution in [1.82, 2.24) is 9.97 Å². The zero-order valence-electron chi connectivity index (χ0n) is 9.82. The normalized spacial score (nSPS) is 14.4. The first kappa shape index (κ1) is 12.3. The highest BCUT2D eigenvalue weighted by Crippen LogP contribution is 2.38. The Bertz CT molecular complexity index is 683. The summed E-state index contributed by atoms with van der Waals surface area (Å²) in [5.74, 6) is 1.25. The van der Waals surface area contributed by atoms with E-state index in [1.165, 1.54) is 24.3 Å². The van der Waals surface area contributed by atoms with Crippen LogP contribution in [0, 0.1) is 5.82 Å². The SMILES string of the molecule is O=c1cc(Oc2ccc(F)cc2Br)nc(C2CC2)[nH]1. The third kappa shape index (κ3) is 2.84. The number of hydrogen-bond acceptors (Lipinski definition) is 3. The van der Waals surface area contributed by atoms with Gasteiger partial charge in [-0.15, -0.1) is 0 Å². The van der Waals surface area contributed by atoms with E-state index in [4.69, 9.17) is 4.74 Å². The van der Waals surface area contributed by atoms with Crippen molar-refractivity contribution < 1.29 is 9.13 Å². The van der Waals surface area contributed by atoms with Crippen molar-refractivity contribution in [3.05, 3.63) is 50.7 Å². The van der Waals surface area contributed by atoms with Crippen LogP contribution in [0.2, 0.25) is 0 Å². The van der Waals surface area contributed by atoms with E-state index in [-0.39, 0.29) is 17.3 Å². The largest absolute Gasteiger partial charge is 0.438 e. The first-order valence-electron chi connectivity index (χ1n) is 5.86. The van der Waals surface area contributed by atoms with Crippen molar-refractivity contribution in [3.63, 3.8) is 0 Å². The Morgan fingerprint density at radius 1 is 1.37 bits per heavy atom. The summed E-state index contributed by atoms with van der Waals surface area (Å²) in [7, 11) is 0. The van der Waals surface area contributed by atoms with Gasteiger partial charge in [0, 0.05) is 5.92 Å². The average molecular weight is 325 g/mol. The lowest BCUT2D eigenvalue weighted by Crippen LogP contribution is -2.10. The van der Waals surface area contributed by atoms with Crippen LogP contribution in [-0.2, 0) is 0 Å². The van der Waals surface area contributed by atoms with Crippen molar-refractivity contribution in [1.29, 1.82) is 0 Å². The maximum Gasteiger partial charge on any atom is 0.254 e. The molecule has 0 saturated heterocycles. The molecule has 1 aliphatic rings. The molecule has 19 heavy (non-hydrogen) atoms. The molecule has 1 N–H and O–H groups in total. The van der Waals surface area contributed by atoms with Gasteiger partial charge in [0.1, 0.15) is 17.4 Å². The van der Waals surface area contributed by atoms with Crippen LogP contribution < -0.4 is 10.3 Å². The summed E-state index contributed by atoms with van der Waals surface area (Å²) in [5.41, 5.74) is -0.245. The number of aromatic nitrogens is 2. The number of benzene rings is 1. The summed E-state index contributed by atoms with van der Waals surface area (Å²) < 4.78 is 19.0. The molecule has 0 amide bonds. The van der Waals surface area contributed by atoms with Crippen LogP contribution >= 0.6 is 15.9 Å². The lowest BCUT2D eigenvalue weighted by molar-refractivity contribution is 0.453. The Balaban J connectivity index is 1.92. The maximum absolute atomic E-state index is 13.0. The van der Waals surface area contributed by atoms with E-state index in [9.17, 15) is 9.18 Å². The number of halogens is 2. The highest BCUT2D eigenvalue weighted by atomic mass is 79.9. The van der Waals surface area contributed by atoms with Crippen LogP contribution in [0.3, 0.4) is 0 Å². The molecule has 0 radical (unpaired) electrons. The monoisotopic (exact) mass is 324 g/mol. The summed E-state index contributed by atoms with van der Waals surface area (Å²) in [4.78, 5) is 18.5. The van der Waals surface area contributed by atoms with Gasteiger partial charge in [-0.05, 0) is 47.0 Å². The minimum absolute atomic E-state index is 0.220. The smallest absolute Gasteiger partial charge is 0.254 e. The van der Waals surface area contributed by atoms with E-state index in [0.717, 1.165) is 12.8 Å².